The van der Waals surface area contributed by atoms with Crippen molar-refractivity contribution in [2.45, 2.75) is 147 Å². The summed E-state index contributed by atoms with van der Waals surface area (Å²) < 4.78 is 49.6. The lowest BCUT2D eigenvalue weighted by atomic mass is 9.97. The number of aromatic nitrogens is 1. The van der Waals surface area contributed by atoms with Gasteiger partial charge in [-0.25, -0.2) is 13.2 Å². The Morgan fingerprint density at radius 1 is 0.891 bits per heavy atom. The van der Waals surface area contributed by atoms with Crippen molar-refractivity contribution in [1.29, 1.82) is 0 Å². The maximum atomic E-state index is 11.8. The van der Waals surface area contributed by atoms with Crippen molar-refractivity contribution in [3.63, 3.8) is 0 Å². The lowest BCUT2D eigenvalue weighted by Crippen LogP contribution is -2.29. The average Bonchev–Trinajstić information content (AvgIpc) is 3.73. The summed E-state index contributed by atoms with van der Waals surface area (Å²) in [7, 11) is -4.27. The summed E-state index contributed by atoms with van der Waals surface area (Å²) in [5.41, 5.74) is 3.01. The molecule has 1 aliphatic heterocycles. The number of thiazole rings is 1. The predicted octanol–water partition coefficient (Wildman–Crippen LogP) is 9.14. The van der Waals surface area contributed by atoms with Gasteiger partial charge >= 0.3 is 6.16 Å². The number of benzene rings is 1. The minimum Gasteiger partial charge on any atom is -0.744 e. The van der Waals surface area contributed by atoms with Crippen molar-refractivity contribution >= 4 is 27.6 Å². The second-order valence-corrected chi connectivity index (χ2v) is 14.7. The molecular weight excluding hydrogens is 623 g/mol. The van der Waals surface area contributed by atoms with E-state index in [0.29, 0.717) is 19.1 Å². The average molecular weight is 682 g/mol. The first-order valence-corrected chi connectivity index (χ1v) is 20.0. The fourth-order valence-corrected chi connectivity index (χ4v) is 6.67. The van der Waals surface area contributed by atoms with Gasteiger partial charge in [0.05, 0.1) is 29.6 Å². The smallest absolute Gasteiger partial charge is 0.508 e. The standard InChI is InChI=1S/C29H52NO4S.C7H8O3S/c1-2-3-4-5-6-7-8-9-10-11-12-13-14-15-18-27-23-28(33-24-27)25-34-29(31)32-21-17-16-19-30-20-22-35-26-30;1-6-2-4-7(5-3-6)11(8,9)10/h20,22,26-28H,2-19,21,23-25H2,1H3;2-5H,1H3,(H,8,9,10)/q+1;/p-1/t27-,28+;/m1./s1. The molecule has 0 bridgehead atoms. The van der Waals surface area contributed by atoms with Gasteiger partial charge in [-0.15, -0.1) is 0 Å². The lowest BCUT2D eigenvalue weighted by Gasteiger charge is -2.11. The van der Waals surface area contributed by atoms with Crippen molar-refractivity contribution in [3.05, 3.63) is 46.9 Å². The molecule has 0 N–H and O–H groups in total. The highest BCUT2D eigenvalue weighted by Gasteiger charge is 2.26. The third-order valence-corrected chi connectivity index (χ3v) is 9.91. The highest BCUT2D eigenvalue weighted by atomic mass is 32.2. The van der Waals surface area contributed by atoms with E-state index in [9.17, 15) is 17.8 Å². The van der Waals surface area contributed by atoms with Gasteiger partial charge in [-0.3, -0.25) is 0 Å². The molecule has 2 aromatic rings. The molecule has 1 aliphatic rings. The van der Waals surface area contributed by atoms with Crippen molar-refractivity contribution < 1.29 is 36.5 Å². The van der Waals surface area contributed by atoms with Crippen LogP contribution in [0.15, 0.2) is 46.2 Å². The molecule has 1 aromatic carbocycles. The van der Waals surface area contributed by atoms with E-state index in [-0.39, 0.29) is 11.0 Å². The first-order chi connectivity index (χ1) is 22.3. The normalized spacial score (nSPS) is 16.2. The van der Waals surface area contributed by atoms with Crippen molar-refractivity contribution in [3.8, 4) is 0 Å². The summed E-state index contributed by atoms with van der Waals surface area (Å²) in [5.74, 6) is 0.617. The van der Waals surface area contributed by atoms with Crippen LogP contribution in [0.2, 0.25) is 0 Å². The molecule has 1 aromatic heterocycles. The van der Waals surface area contributed by atoms with E-state index < -0.39 is 16.3 Å². The van der Waals surface area contributed by atoms with Crippen molar-refractivity contribution in [2.24, 2.45) is 5.92 Å². The number of carbonyl (C=O) groups is 1. The van der Waals surface area contributed by atoms with Crippen LogP contribution >= 0.6 is 11.3 Å². The number of unbranched alkanes of at least 4 members (excludes halogenated alkanes) is 14. The van der Waals surface area contributed by atoms with Crippen LogP contribution in [0.3, 0.4) is 0 Å². The highest BCUT2D eigenvalue weighted by molar-refractivity contribution is 7.85. The van der Waals surface area contributed by atoms with E-state index >= 15 is 0 Å². The van der Waals surface area contributed by atoms with E-state index in [2.05, 4.69) is 28.6 Å². The topological polar surface area (TPSA) is 106 Å². The molecular formula is C36H59NO7S2. The Morgan fingerprint density at radius 3 is 2.07 bits per heavy atom. The molecule has 2 atom stereocenters. The summed E-state index contributed by atoms with van der Waals surface area (Å²) in [6, 6.07) is 5.78. The molecule has 10 heteroatoms. The Hall–Kier alpha value is -2.01. The zero-order valence-electron chi connectivity index (χ0n) is 28.4. The Bertz CT molecular complexity index is 1120. The molecule has 0 spiro atoms. The summed E-state index contributed by atoms with van der Waals surface area (Å²) >= 11 is 1.68. The van der Waals surface area contributed by atoms with Gasteiger partial charge in [-0.05, 0) is 44.2 Å². The minimum atomic E-state index is -4.27. The number of hydrogen-bond donors (Lipinski definition) is 0. The Balaban J connectivity index is 0.000000562. The second kappa shape index (κ2) is 25.1. The van der Waals surface area contributed by atoms with Crippen LogP contribution in [-0.4, -0.2) is 45.1 Å². The number of nitrogens with zero attached hydrogens (tertiary/aromatic N) is 1. The van der Waals surface area contributed by atoms with Crippen LogP contribution in [0.4, 0.5) is 4.79 Å². The number of ether oxygens (including phenoxy) is 3. The SMILES string of the molecule is CCCCCCCCCCCCCCCC[C@H]1CO[C@H](COC(=O)OCCCC[n+]2ccsc2)C1.Cc1ccc(S(=O)(=O)[O-])cc1. The van der Waals surface area contributed by atoms with Gasteiger partial charge in [-0.1, -0.05) is 126 Å². The molecule has 0 saturated carbocycles. The largest absolute Gasteiger partial charge is 0.744 e. The number of carbonyl (C=O) groups excluding carboxylic acids is 1. The molecule has 0 aliphatic carbocycles. The van der Waals surface area contributed by atoms with E-state index in [0.717, 1.165) is 38.0 Å². The predicted molar refractivity (Wildman–Crippen MR) is 183 cm³/mol. The molecule has 0 unspecified atom stereocenters. The summed E-state index contributed by atoms with van der Waals surface area (Å²) in [6.45, 7) is 6.60. The monoisotopic (exact) mass is 681 g/mol. The van der Waals surface area contributed by atoms with Crippen molar-refractivity contribution in [1.82, 2.24) is 0 Å². The van der Waals surface area contributed by atoms with Crippen LogP contribution in [-0.2, 0) is 30.9 Å². The first-order valence-electron chi connectivity index (χ1n) is 17.6. The lowest BCUT2D eigenvalue weighted by molar-refractivity contribution is -0.692. The first kappa shape index (κ1) is 40.2. The summed E-state index contributed by atoms with van der Waals surface area (Å²) in [5, 5.41) is 2.06. The van der Waals surface area contributed by atoms with E-state index in [1.807, 2.05) is 6.92 Å². The molecule has 262 valence electrons. The van der Waals surface area contributed by atoms with Crippen LogP contribution < -0.4 is 4.57 Å². The molecule has 2 heterocycles. The number of aryl methyl sites for hydroxylation is 2. The third kappa shape index (κ3) is 20.3. The van der Waals surface area contributed by atoms with Crippen LogP contribution in [0, 0.1) is 12.8 Å². The third-order valence-electron chi connectivity index (χ3n) is 8.38. The highest BCUT2D eigenvalue weighted by Crippen LogP contribution is 2.25. The molecule has 46 heavy (non-hydrogen) atoms. The van der Waals surface area contributed by atoms with Gasteiger partial charge in [0, 0.05) is 6.42 Å². The van der Waals surface area contributed by atoms with Gasteiger partial charge in [0.25, 0.3) is 0 Å². The quantitative estimate of drug-likeness (QED) is 0.0498. The molecule has 1 saturated heterocycles. The van der Waals surface area contributed by atoms with Gasteiger partial charge in [0.2, 0.25) is 5.51 Å². The van der Waals surface area contributed by atoms with Gasteiger partial charge in [0.1, 0.15) is 23.3 Å². The zero-order chi connectivity index (χ0) is 33.3. The number of hydrogen-bond acceptors (Lipinski definition) is 8. The van der Waals surface area contributed by atoms with E-state index in [4.69, 9.17) is 14.2 Å². The van der Waals surface area contributed by atoms with Crippen LogP contribution in [0.25, 0.3) is 0 Å². The minimum absolute atomic E-state index is 0.0363. The molecule has 1 fully saturated rings. The van der Waals surface area contributed by atoms with Gasteiger partial charge < -0.3 is 18.8 Å². The van der Waals surface area contributed by atoms with E-state index in [1.165, 1.54) is 108 Å². The van der Waals surface area contributed by atoms with Crippen LogP contribution in [0.1, 0.15) is 128 Å². The van der Waals surface area contributed by atoms with Gasteiger partial charge in [-0.2, -0.15) is 4.57 Å². The molecule has 0 amide bonds. The number of rotatable bonds is 23. The van der Waals surface area contributed by atoms with Crippen molar-refractivity contribution in [2.75, 3.05) is 19.8 Å². The zero-order valence-corrected chi connectivity index (χ0v) is 30.0. The second-order valence-electron chi connectivity index (χ2n) is 12.6. The molecule has 3 rings (SSSR count). The maximum absolute atomic E-state index is 11.8. The van der Waals surface area contributed by atoms with E-state index in [1.54, 1.807) is 23.5 Å². The Labute approximate surface area is 283 Å². The Morgan fingerprint density at radius 2 is 1.50 bits per heavy atom. The summed E-state index contributed by atoms with van der Waals surface area (Å²) in [6.07, 6.45) is 25.2. The van der Waals surface area contributed by atoms with Gasteiger partial charge in [0.15, 0.2) is 6.20 Å². The fraction of sp³-hybridized carbons (Fsp3) is 0.722. The molecule has 8 nitrogen and oxygen atoms in total. The summed E-state index contributed by atoms with van der Waals surface area (Å²) in [4.78, 5) is 11.6. The molecule has 0 radical (unpaired) electrons. The Kier molecular flexibility index (Phi) is 21.9. The maximum Gasteiger partial charge on any atom is 0.508 e. The fourth-order valence-electron chi connectivity index (χ4n) is 5.57. The van der Waals surface area contributed by atoms with Crippen LogP contribution in [0.5, 0.6) is 0 Å².